The maximum atomic E-state index is 15.1. The molecular weight excluding hydrogens is 489 g/mol. The molecule has 1 atom stereocenters. The number of likely N-dealkylation sites (tertiary alicyclic amines) is 1. The predicted octanol–water partition coefficient (Wildman–Crippen LogP) is 4.52. The fourth-order valence-corrected chi connectivity index (χ4v) is 6.37. The Morgan fingerprint density at radius 1 is 1.06 bits per heavy atom. The highest BCUT2D eigenvalue weighted by atomic mass is 35.5. The van der Waals surface area contributed by atoms with Gasteiger partial charge in [-0.3, -0.25) is 24.6 Å². The van der Waals surface area contributed by atoms with E-state index in [9.17, 15) is 14.4 Å². The lowest BCUT2D eigenvalue weighted by atomic mass is 10.0. The normalized spacial score (nSPS) is 20.8. The van der Waals surface area contributed by atoms with Gasteiger partial charge >= 0.3 is 0 Å². The van der Waals surface area contributed by atoms with Crippen LogP contribution in [0.4, 0.5) is 4.39 Å². The van der Waals surface area contributed by atoms with E-state index in [1.54, 1.807) is 18.2 Å². The lowest BCUT2D eigenvalue weighted by Crippen LogP contribution is -2.52. The van der Waals surface area contributed by atoms with Gasteiger partial charge in [0.15, 0.2) is 0 Å². The van der Waals surface area contributed by atoms with Gasteiger partial charge < -0.3 is 4.90 Å². The number of nitrogens with one attached hydrogen (secondary N) is 1. The van der Waals surface area contributed by atoms with Crippen molar-refractivity contribution in [3.05, 3.63) is 63.4 Å². The minimum absolute atomic E-state index is 0.186. The third-order valence-corrected chi connectivity index (χ3v) is 8.56. The summed E-state index contributed by atoms with van der Waals surface area (Å²) in [6.07, 6.45) is 4.11. The number of thioether (sulfide) groups is 1. The molecule has 9 heteroatoms. The van der Waals surface area contributed by atoms with Crippen LogP contribution in [0.3, 0.4) is 0 Å². The van der Waals surface area contributed by atoms with E-state index in [1.165, 1.54) is 35.9 Å². The van der Waals surface area contributed by atoms with E-state index < -0.39 is 11.9 Å². The van der Waals surface area contributed by atoms with Gasteiger partial charge in [0.25, 0.3) is 5.91 Å². The van der Waals surface area contributed by atoms with Gasteiger partial charge in [0.1, 0.15) is 11.9 Å². The minimum atomic E-state index is -0.658. The summed E-state index contributed by atoms with van der Waals surface area (Å²) in [5.41, 5.74) is 2.72. The number of hydrogen-bond acceptors (Lipinski definition) is 5. The molecule has 35 heavy (non-hydrogen) atoms. The molecule has 1 unspecified atom stereocenters. The Labute approximate surface area is 213 Å². The summed E-state index contributed by atoms with van der Waals surface area (Å²) in [7, 11) is 0. The number of carbonyl (C=O) groups excluding carboxylic acids is 3. The molecule has 3 aliphatic rings. The Morgan fingerprint density at radius 3 is 2.60 bits per heavy atom. The van der Waals surface area contributed by atoms with Gasteiger partial charge in [-0.05, 0) is 61.2 Å². The molecule has 184 valence electrons. The summed E-state index contributed by atoms with van der Waals surface area (Å²) < 4.78 is 15.1. The van der Waals surface area contributed by atoms with Crippen molar-refractivity contribution in [3.63, 3.8) is 0 Å². The van der Waals surface area contributed by atoms with Gasteiger partial charge in [0, 0.05) is 35.7 Å². The topological polar surface area (TPSA) is 69.7 Å². The number of rotatable bonds is 6. The van der Waals surface area contributed by atoms with Crippen molar-refractivity contribution < 1.29 is 18.8 Å². The van der Waals surface area contributed by atoms with Crippen LogP contribution in [0.25, 0.3) is 0 Å². The number of carbonyl (C=O) groups is 3. The summed E-state index contributed by atoms with van der Waals surface area (Å²) in [6, 6.07) is 8.53. The van der Waals surface area contributed by atoms with Crippen LogP contribution in [-0.2, 0) is 28.4 Å². The first kappa shape index (κ1) is 24.3. The second-order valence-electron chi connectivity index (χ2n) is 9.32. The van der Waals surface area contributed by atoms with Gasteiger partial charge in [0.2, 0.25) is 11.8 Å². The number of nitrogens with zero attached hydrogens (tertiary/aromatic N) is 2. The van der Waals surface area contributed by atoms with Crippen LogP contribution in [0.2, 0.25) is 5.02 Å². The van der Waals surface area contributed by atoms with E-state index in [4.69, 9.17) is 11.6 Å². The fraction of sp³-hybridized carbons (Fsp3) is 0.423. The van der Waals surface area contributed by atoms with Gasteiger partial charge in [-0.15, -0.1) is 11.8 Å². The second kappa shape index (κ2) is 10.3. The lowest BCUT2D eigenvalue weighted by molar-refractivity contribution is -0.136. The molecule has 5 rings (SSSR count). The molecule has 0 bridgehead atoms. The van der Waals surface area contributed by atoms with Crippen LogP contribution in [-0.4, -0.2) is 46.7 Å². The monoisotopic (exact) mass is 515 g/mol. The number of imide groups is 1. The molecule has 3 amide bonds. The van der Waals surface area contributed by atoms with Crippen LogP contribution in [0, 0.1) is 5.82 Å². The standard InChI is InChI=1S/C26H27ClFN3O3S/c27-23-16(13-30-11-2-1-3-12-30)7-8-17(24(23)28)15-35-21-6-4-5-18-19(21)14-31(26(18)34)20-9-10-22(32)29-25(20)33/h4-8,20H,1-3,9-15H2,(H,29,32,33). The largest absolute Gasteiger partial charge is 0.322 e. The molecule has 6 nitrogen and oxygen atoms in total. The first-order valence-corrected chi connectivity index (χ1v) is 13.4. The molecule has 3 heterocycles. The Bertz CT molecular complexity index is 1180. The van der Waals surface area contributed by atoms with E-state index in [2.05, 4.69) is 10.2 Å². The summed E-state index contributed by atoms with van der Waals surface area (Å²) >= 11 is 7.87. The quantitative estimate of drug-likeness (QED) is 0.452. The van der Waals surface area contributed by atoms with Crippen molar-refractivity contribution in [1.82, 2.24) is 15.1 Å². The zero-order valence-corrected chi connectivity index (χ0v) is 20.9. The Morgan fingerprint density at radius 2 is 1.83 bits per heavy atom. The third-order valence-electron chi connectivity index (χ3n) is 7.01. The molecule has 1 N–H and O–H groups in total. The highest BCUT2D eigenvalue weighted by molar-refractivity contribution is 7.98. The molecular formula is C26H27ClFN3O3S. The van der Waals surface area contributed by atoms with E-state index >= 15 is 4.39 Å². The maximum Gasteiger partial charge on any atom is 0.255 e. The van der Waals surface area contributed by atoms with Crippen molar-refractivity contribution >= 4 is 41.1 Å². The van der Waals surface area contributed by atoms with E-state index in [0.29, 0.717) is 36.4 Å². The Hall–Kier alpha value is -2.42. The van der Waals surface area contributed by atoms with Crippen molar-refractivity contribution in [2.24, 2.45) is 0 Å². The van der Waals surface area contributed by atoms with Crippen LogP contribution < -0.4 is 5.32 Å². The molecule has 2 saturated heterocycles. The molecule has 0 spiro atoms. The summed E-state index contributed by atoms with van der Waals surface area (Å²) in [4.78, 5) is 41.6. The molecule has 0 aliphatic carbocycles. The maximum absolute atomic E-state index is 15.1. The molecule has 2 aromatic rings. The van der Waals surface area contributed by atoms with Crippen molar-refractivity contribution in [3.8, 4) is 0 Å². The van der Waals surface area contributed by atoms with Crippen LogP contribution in [0.15, 0.2) is 35.2 Å². The molecule has 2 fully saturated rings. The Kier molecular flexibility index (Phi) is 7.14. The molecule has 0 radical (unpaired) electrons. The van der Waals surface area contributed by atoms with Crippen molar-refractivity contribution in [2.45, 2.75) is 61.9 Å². The average Bonchev–Trinajstić information content (AvgIpc) is 3.19. The second-order valence-corrected chi connectivity index (χ2v) is 10.7. The predicted molar refractivity (Wildman–Crippen MR) is 133 cm³/mol. The van der Waals surface area contributed by atoms with Crippen LogP contribution >= 0.6 is 23.4 Å². The summed E-state index contributed by atoms with van der Waals surface area (Å²) in [5, 5.41) is 2.51. The van der Waals surface area contributed by atoms with Crippen LogP contribution in [0.5, 0.6) is 0 Å². The van der Waals surface area contributed by atoms with Gasteiger partial charge in [-0.1, -0.05) is 36.2 Å². The molecule has 0 aromatic heterocycles. The lowest BCUT2D eigenvalue weighted by Gasteiger charge is -2.29. The van der Waals surface area contributed by atoms with Gasteiger partial charge in [-0.25, -0.2) is 4.39 Å². The van der Waals surface area contributed by atoms with Crippen molar-refractivity contribution in [2.75, 3.05) is 13.1 Å². The smallest absolute Gasteiger partial charge is 0.255 e. The number of amides is 3. The molecule has 3 aliphatic heterocycles. The molecule has 2 aromatic carbocycles. The SMILES string of the molecule is O=C1CCC(N2Cc3c(SCc4ccc(CN5CCCCC5)c(Cl)c4F)cccc3C2=O)C(=O)N1. The number of piperidine rings is 2. The minimum Gasteiger partial charge on any atom is -0.322 e. The summed E-state index contributed by atoms with van der Waals surface area (Å²) in [5.74, 6) is -0.971. The van der Waals surface area contributed by atoms with Crippen LogP contribution in [0.1, 0.15) is 59.2 Å². The average molecular weight is 516 g/mol. The van der Waals surface area contributed by atoms with E-state index in [-0.39, 0.29) is 29.1 Å². The highest BCUT2D eigenvalue weighted by Crippen LogP contribution is 2.37. The van der Waals surface area contributed by atoms with Gasteiger partial charge in [-0.2, -0.15) is 0 Å². The zero-order valence-electron chi connectivity index (χ0n) is 19.3. The van der Waals surface area contributed by atoms with E-state index in [1.807, 2.05) is 12.1 Å². The van der Waals surface area contributed by atoms with E-state index in [0.717, 1.165) is 29.1 Å². The number of fused-ring (bicyclic) bond motifs is 1. The number of halogens is 2. The van der Waals surface area contributed by atoms with Crippen molar-refractivity contribution in [1.29, 1.82) is 0 Å². The number of hydrogen-bond donors (Lipinski definition) is 1. The number of benzene rings is 2. The first-order valence-electron chi connectivity index (χ1n) is 12.0. The summed E-state index contributed by atoms with van der Waals surface area (Å²) in [6.45, 7) is 2.99. The first-order chi connectivity index (χ1) is 16.9. The Balaban J connectivity index is 1.29. The van der Waals surface area contributed by atoms with Gasteiger partial charge in [0.05, 0.1) is 5.02 Å². The fourth-order valence-electron chi connectivity index (χ4n) is 5.07. The zero-order chi connectivity index (χ0) is 24.5. The third kappa shape index (κ3) is 4.97. The molecule has 0 saturated carbocycles. The highest BCUT2D eigenvalue weighted by Gasteiger charge is 2.39.